The minimum absolute atomic E-state index is 0. The van der Waals surface area contributed by atoms with Gasteiger partial charge in [0.2, 0.25) is 5.88 Å². The number of likely N-dealkylation sites (tertiary alicyclic amines) is 1. The predicted octanol–water partition coefficient (Wildman–Crippen LogP) is 2.93. The Bertz CT molecular complexity index is 872. The molecule has 0 radical (unpaired) electrons. The highest BCUT2D eigenvalue weighted by molar-refractivity contribution is 5.94. The fraction of sp³-hybridized carbons (Fsp3) is 0.333. The Morgan fingerprint density at radius 2 is 2.00 bits per heavy atom. The molecule has 6 nitrogen and oxygen atoms in total. The number of nitrogens with zero attached hydrogens (tertiary/aromatic N) is 2. The van der Waals surface area contributed by atoms with Crippen molar-refractivity contribution in [2.24, 2.45) is 5.73 Å². The number of hydrogen-bond donors (Lipinski definition) is 2. The van der Waals surface area contributed by atoms with Crippen LogP contribution in [0.5, 0.6) is 11.6 Å². The summed E-state index contributed by atoms with van der Waals surface area (Å²) in [6.45, 7) is -0.511. The molecule has 1 aromatic heterocycles. The number of carbonyl (C=O) groups excluding carboxylic acids is 1. The molecule has 1 fully saturated rings. The molecule has 3 N–H and O–H groups in total. The summed E-state index contributed by atoms with van der Waals surface area (Å²) in [5.41, 5.74) is 4.62. The van der Waals surface area contributed by atoms with Gasteiger partial charge in [0.25, 0.3) is 5.91 Å². The highest BCUT2D eigenvalue weighted by Gasteiger charge is 2.35. The maximum atomic E-state index is 13.4. The van der Waals surface area contributed by atoms with Crippen molar-refractivity contribution in [3.8, 4) is 11.6 Å². The van der Waals surface area contributed by atoms with Crippen molar-refractivity contribution in [2.45, 2.75) is 25.0 Å². The van der Waals surface area contributed by atoms with Crippen LogP contribution in [-0.4, -0.2) is 46.3 Å². The largest absolute Gasteiger partial charge is 0.439 e. The predicted molar refractivity (Wildman–Crippen MR) is 97.7 cm³/mol. The standard InChI is InChI=1S/C18H17F4N3O3.ClH/c19-13-8-25(9-14(13)26)17(27)11-2-1-3-12(6-11)28-16-5-10(7-23)4-15(24-16)18(20,21)22;/h1-6,13-14,26H,7-9,23H2;1H/t13-,14-;/m0./s1. The van der Waals surface area contributed by atoms with Gasteiger partial charge in [-0.2, -0.15) is 13.2 Å². The fourth-order valence-electron chi connectivity index (χ4n) is 2.78. The lowest BCUT2D eigenvalue weighted by Gasteiger charge is -2.16. The molecule has 29 heavy (non-hydrogen) atoms. The van der Waals surface area contributed by atoms with Gasteiger partial charge in [0.15, 0.2) is 0 Å². The first kappa shape index (κ1) is 22.9. The number of amides is 1. The second-order valence-electron chi connectivity index (χ2n) is 6.32. The molecular formula is C18H18ClF4N3O3. The number of benzene rings is 1. The number of hydrogen-bond acceptors (Lipinski definition) is 5. The maximum absolute atomic E-state index is 13.4. The Morgan fingerprint density at radius 1 is 1.28 bits per heavy atom. The van der Waals surface area contributed by atoms with Crippen molar-refractivity contribution >= 4 is 18.3 Å². The van der Waals surface area contributed by atoms with Crippen LogP contribution in [0.25, 0.3) is 0 Å². The Labute approximate surface area is 169 Å². The van der Waals surface area contributed by atoms with Crippen molar-refractivity contribution in [2.75, 3.05) is 13.1 Å². The number of halogens is 5. The third-order valence-corrected chi connectivity index (χ3v) is 4.20. The normalized spacial score (nSPS) is 19.0. The van der Waals surface area contributed by atoms with Gasteiger partial charge in [-0.1, -0.05) is 6.07 Å². The minimum Gasteiger partial charge on any atom is -0.439 e. The number of β-amino-alcohol motifs (C(OH)–C–C–N with tert-alkyl or cyclic N) is 1. The van der Waals surface area contributed by atoms with E-state index in [1.165, 1.54) is 30.3 Å². The number of ether oxygens (including phenoxy) is 1. The van der Waals surface area contributed by atoms with Crippen molar-refractivity contribution in [3.05, 3.63) is 53.2 Å². The van der Waals surface area contributed by atoms with Crippen LogP contribution in [0.1, 0.15) is 21.6 Å². The smallest absolute Gasteiger partial charge is 0.433 e. The van der Waals surface area contributed by atoms with Gasteiger partial charge in [0.05, 0.1) is 6.54 Å². The third-order valence-electron chi connectivity index (χ3n) is 4.20. The SMILES string of the molecule is Cl.NCc1cc(Oc2cccc(C(=O)N3C[C@H](O)[C@@H](F)C3)c2)nc(C(F)(F)F)c1. The van der Waals surface area contributed by atoms with Gasteiger partial charge in [0, 0.05) is 24.7 Å². The van der Waals surface area contributed by atoms with E-state index in [4.69, 9.17) is 10.5 Å². The topological polar surface area (TPSA) is 88.7 Å². The zero-order valence-corrected chi connectivity index (χ0v) is 15.7. The number of aromatic nitrogens is 1. The van der Waals surface area contributed by atoms with E-state index in [9.17, 15) is 27.5 Å². The first-order chi connectivity index (χ1) is 13.2. The maximum Gasteiger partial charge on any atom is 0.433 e. The number of aliphatic hydroxyl groups is 1. The van der Waals surface area contributed by atoms with E-state index in [-0.39, 0.29) is 54.8 Å². The summed E-state index contributed by atoms with van der Waals surface area (Å²) in [6, 6.07) is 7.78. The van der Waals surface area contributed by atoms with Gasteiger partial charge < -0.3 is 20.5 Å². The number of rotatable bonds is 4. The Morgan fingerprint density at radius 3 is 2.59 bits per heavy atom. The highest BCUT2D eigenvalue weighted by atomic mass is 35.5. The van der Waals surface area contributed by atoms with Crippen LogP contribution in [-0.2, 0) is 12.7 Å². The quantitative estimate of drug-likeness (QED) is 0.721. The van der Waals surface area contributed by atoms with E-state index in [1.807, 2.05) is 0 Å². The molecule has 3 rings (SSSR count). The second kappa shape index (κ2) is 8.93. The first-order valence-electron chi connectivity index (χ1n) is 8.35. The van der Waals surface area contributed by atoms with E-state index in [0.29, 0.717) is 0 Å². The second-order valence-corrected chi connectivity index (χ2v) is 6.32. The number of nitrogens with two attached hydrogens (primary N) is 1. The van der Waals surface area contributed by atoms with Gasteiger partial charge in [-0.25, -0.2) is 9.37 Å². The number of carbonyl (C=O) groups is 1. The minimum atomic E-state index is -4.67. The molecule has 0 spiro atoms. The van der Waals surface area contributed by atoms with E-state index in [2.05, 4.69) is 4.98 Å². The zero-order chi connectivity index (χ0) is 20.5. The summed E-state index contributed by atoms with van der Waals surface area (Å²) < 4.78 is 57.7. The summed E-state index contributed by atoms with van der Waals surface area (Å²) >= 11 is 0. The summed E-state index contributed by atoms with van der Waals surface area (Å²) in [4.78, 5) is 17.0. The monoisotopic (exact) mass is 435 g/mol. The summed E-state index contributed by atoms with van der Waals surface area (Å²) in [6.07, 6.45) is -7.43. The number of alkyl halides is 4. The van der Waals surface area contributed by atoms with Crippen LogP contribution < -0.4 is 10.5 Å². The Kier molecular flexibility index (Phi) is 7.04. The summed E-state index contributed by atoms with van der Waals surface area (Å²) in [7, 11) is 0. The van der Waals surface area contributed by atoms with Gasteiger partial charge in [0.1, 0.15) is 23.7 Å². The lowest BCUT2D eigenvalue weighted by atomic mass is 10.2. The van der Waals surface area contributed by atoms with Crippen LogP contribution in [0.2, 0.25) is 0 Å². The fourth-order valence-corrected chi connectivity index (χ4v) is 2.78. The highest BCUT2D eigenvalue weighted by Crippen LogP contribution is 2.31. The van der Waals surface area contributed by atoms with Gasteiger partial charge in [-0.15, -0.1) is 12.4 Å². The molecule has 11 heteroatoms. The molecule has 2 heterocycles. The number of pyridine rings is 1. The van der Waals surface area contributed by atoms with E-state index in [1.54, 1.807) is 0 Å². The van der Waals surface area contributed by atoms with Crippen molar-refractivity contribution in [1.29, 1.82) is 0 Å². The molecule has 158 valence electrons. The van der Waals surface area contributed by atoms with Crippen LogP contribution in [0.4, 0.5) is 17.6 Å². The van der Waals surface area contributed by atoms with E-state index >= 15 is 0 Å². The van der Waals surface area contributed by atoms with E-state index in [0.717, 1.165) is 11.0 Å². The van der Waals surface area contributed by atoms with Crippen molar-refractivity contribution < 1.29 is 32.2 Å². The Balaban J connectivity index is 0.00000300. The van der Waals surface area contributed by atoms with Crippen molar-refractivity contribution in [3.63, 3.8) is 0 Å². The molecule has 0 saturated carbocycles. The molecule has 1 aromatic carbocycles. The number of aliphatic hydroxyl groups excluding tert-OH is 1. The summed E-state index contributed by atoms with van der Waals surface area (Å²) in [5, 5.41) is 9.45. The molecule has 2 atom stereocenters. The first-order valence-corrected chi connectivity index (χ1v) is 8.35. The molecule has 0 bridgehead atoms. The summed E-state index contributed by atoms with van der Waals surface area (Å²) in [5.74, 6) is -0.762. The zero-order valence-electron chi connectivity index (χ0n) is 14.9. The average molecular weight is 436 g/mol. The van der Waals surface area contributed by atoms with Crippen LogP contribution >= 0.6 is 12.4 Å². The Hall–Kier alpha value is -2.43. The lowest BCUT2D eigenvalue weighted by molar-refractivity contribution is -0.141. The van der Waals surface area contributed by atoms with Gasteiger partial charge >= 0.3 is 6.18 Å². The van der Waals surface area contributed by atoms with Crippen LogP contribution in [0.15, 0.2) is 36.4 Å². The van der Waals surface area contributed by atoms with Crippen LogP contribution in [0.3, 0.4) is 0 Å². The van der Waals surface area contributed by atoms with Crippen LogP contribution in [0, 0.1) is 0 Å². The van der Waals surface area contributed by atoms with Gasteiger partial charge in [-0.3, -0.25) is 4.79 Å². The molecule has 0 unspecified atom stereocenters. The third kappa shape index (κ3) is 5.34. The van der Waals surface area contributed by atoms with Crippen molar-refractivity contribution in [1.82, 2.24) is 9.88 Å². The molecule has 1 saturated heterocycles. The molecule has 2 aromatic rings. The molecule has 1 aliphatic rings. The lowest BCUT2D eigenvalue weighted by Crippen LogP contribution is -2.29. The van der Waals surface area contributed by atoms with Gasteiger partial charge in [-0.05, 0) is 29.8 Å². The molecular weight excluding hydrogens is 418 g/mol. The van der Waals surface area contributed by atoms with E-state index < -0.39 is 30.1 Å². The molecule has 1 amide bonds. The molecule has 0 aliphatic carbocycles. The average Bonchev–Trinajstić information content (AvgIpc) is 2.99. The molecule has 1 aliphatic heterocycles.